The standard InChI is InChI=1S/C11H10F3NO2S/c1-17-8-2-4-9(5-3-8)18-7-6-15-10(16)11(12,13)14/h2,4H,6-7H2,1H3,(H,15,16). The van der Waals surface area contributed by atoms with Crippen molar-refractivity contribution in [1.82, 2.24) is 5.32 Å². The van der Waals surface area contributed by atoms with E-state index in [4.69, 9.17) is 4.74 Å². The van der Waals surface area contributed by atoms with Crippen LogP contribution in [-0.4, -0.2) is 31.5 Å². The minimum atomic E-state index is -4.83. The quantitative estimate of drug-likeness (QED) is 0.661. The van der Waals surface area contributed by atoms with Crippen LogP contribution >= 0.6 is 11.8 Å². The summed E-state index contributed by atoms with van der Waals surface area (Å²) in [5.41, 5.74) is 0. The predicted octanol–water partition coefficient (Wildman–Crippen LogP) is 2.07. The summed E-state index contributed by atoms with van der Waals surface area (Å²) >= 11 is 1.27. The molecule has 1 N–H and O–H groups in total. The van der Waals surface area contributed by atoms with Gasteiger partial charge in [-0.05, 0) is 18.2 Å². The lowest BCUT2D eigenvalue weighted by Gasteiger charge is -2.06. The number of rotatable bonds is 5. The van der Waals surface area contributed by atoms with Crippen LogP contribution in [0.3, 0.4) is 0 Å². The zero-order chi connectivity index (χ0) is 13.6. The summed E-state index contributed by atoms with van der Waals surface area (Å²) in [6, 6.07) is 8.90. The Hall–Kier alpha value is -1.55. The summed E-state index contributed by atoms with van der Waals surface area (Å²) in [6.07, 6.45) is -4.83. The van der Waals surface area contributed by atoms with Gasteiger partial charge < -0.3 is 10.1 Å². The normalized spacial score (nSPS) is 10.7. The van der Waals surface area contributed by atoms with Crippen LogP contribution in [0.2, 0.25) is 0 Å². The lowest BCUT2D eigenvalue weighted by atomic mass is 10.4. The van der Waals surface area contributed by atoms with Gasteiger partial charge in [-0.2, -0.15) is 13.2 Å². The Kier molecular flexibility index (Phi) is 5.16. The summed E-state index contributed by atoms with van der Waals surface area (Å²) in [4.78, 5) is 11.2. The van der Waals surface area contributed by atoms with Crippen LogP contribution < -0.4 is 10.1 Å². The molecule has 3 nitrogen and oxygen atoms in total. The van der Waals surface area contributed by atoms with Crippen molar-refractivity contribution < 1.29 is 22.7 Å². The van der Waals surface area contributed by atoms with Gasteiger partial charge in [-0.1, -0.05) is 6.07 Å². The van der Waals surface area contributed by atoms with Crippen molar-refractivity contribution in [1.29, 1.82) is 0 Å². The highest BCUT2D eigenvalue weighted by Crippen LogP contribution is 2.17. The van der Waals surface area contributed by atoms with Gasteiger partial charge in [0.1, 0.15) is 0 Å². The molecule has 0 radical (unpaired) electrons. The number of thioether (sulfide) groups is 1. The number of hydrogen-bond donors (Lipinski definition) is 1. The molecule has 0 saturated carbocycles. The lowest BCUT2D eigenvalue weighted by molar-refractivity contribution is -0.173. The van der Waals surface area contributed by atoms with Crippen LogP contribution in [0, 0.1) is 12.1 Å². The fourth-order valence-corrected chi connectivity index (χ4v) is 1.70. The van der Waals surface area contributed by atoms with Crippen LogP contribution in [0.4, 0.5) is 13.2 Å². The topological polar surface area (TPSA) is 38.3 Å². The summed E-state index contributed by atoms with van der Waals surface area (Å²) < 4.78 is 40.4. The minimum Gasteiger partial charge on any atom is -0.489 e. The highest BCUT2D eigenvalue weighted by Gasteiger charge is 2.38. The zero-order valence-electron chi connectivity index (χ0n) is 9.43. The Bertz CT molecular complexity index is 392. The second kappa shape index (κ2) is 6.40. The Morgan fingerprint density at radius 2 is 2.17 bits per heavy atom. The summed E-state index contributed by atoms with van der Waals surface area (Å²) in [6.45, 7) is -0.0666. The molecule has 1 aromatic carbocycles. The highest BCUT2D eigenvalue weighted by atomic mass is 32.2. The van der Waals surface area contributed by atoms with Gasteiger partial charge in [0.2, 0.25) is 0 Å². The third-order valence-corrected chi connectivity index (χ3v) is 2.77. The maximum atomic E-state index is 11.8. The number of alkyl halides is 3. The van der Waals surface area contributed by atoms with Gasteiger partial charge in [0.15, 0.2) is 5.75 Å². The Morgan fingerprint density at radius 1 is 1.44 bits per heavy atom. The molecule has 7 heteroatoms. The van der Waals surface area contributed by atoms with Crippen LogP contribution in [0.15, 0.2) is 17.0 Å². The molecule has 0 aliphatic rings. The number of ether oxygens (including phenoxy) is 1. The molecule has 0 heterocycles. The molecule has 18 heavy (non-hydrogen) atoms. The van der Waals surface area contributed by atoms with E-state index in [-0.39, 0.29) is 6.54 Å². The maximum absolute atomic E-state index is 11.8. The molecule has 0 spiro atoms. The second-order valence-corrected chi connectivity index (χ2v) is 4.25. The second-order valence-electron chi connectivity index (χ2n) is 3.12. The molecule has 0 aliphatic heterocycles. The van der Waals surface area contributed by atoms with E-state index < -0.39 is 12.1 Å². The predicted molar refractivity (Wildman–Crippen MR) is 60.5 cm³/mol. The van der Waals surface area contributed by atoms with E-state index in [0.29, 0.717) is 11.5 Å². The zero-order valence-corrected chi connectivity index (χ0v) is 10.2. The van der Waals surface area contributed by atoms with Gasteiger partial charge in [-0.15, -0.1) is 11.8 Å². The molecule has 0 aromatic heterocycles. The van der Waals surface area contributed by atoms with E-state index in [1.165, 1.54) is 18.9 Å². The van der Waals surface area contributed by atoms with E-state index in [1.807, 2.05) is 0 Å². The first kappa shape index (κ1) is 14.5. The Balaban J connectivity index is 2.27. The third kappa shape index (κ3) is 4.75. The minimum absolute atomic E-state index is 0.0666. The molecule has 98 valence electrons. The van der Waals surface area contributed by atoms with E-state index in [0.717, 1.165) is 4.90 Å². The number of halogens is 3. The summed E-state index contributed by atoms with van der Waals surface area (Å²) in [5, 5.41) is 1.78. The number of carbonyl (C=O) groups is 1. The van der Waals surface area contributed by atoms with Gasteiger partial charge in [0.05, 0.1) is 12.0 Å². The van der Waals surface area contributed by atoms with Gasteiger partial charge in [0, 0.05) is 12.3 Å². The average molecular weight is 277 g/mol. The van der Waals surface area contributed by atoms with Crippen molar-refractivity contribution in [2.45, 2.75) is 11.1 Å². The van der Waals surface area contributed by atoms with Crippen LogP contribution in [0.25, 0.3) is 0 Å². The van der Waals surface area contributed by atoms with Crippen molar-refractivity contribution in [3.05, 3.63) is 24.3 Å². The highest BCUT2D eigenvalue weighted by molar-refractivity contribution is 7.99. The largest absolute Gasteiger partial charge is 0.489 e. The smallest absolute Gasteiger partial charge is 0.471 e. The first-order valence-corrected chi connectivity index (χ1v) is 5.88. The van der Waals surface area contributed by atoms with Gasteiger partial charge in [-0.25, -0.2) is 0 Å². The average Bonchev–Trinajstić information content (AvgIpc) is 2.34. The number of nitrogens with one attached hydrogen (secondary N) is 1. The van der Waals surface area contributed by atoms with Gasteiger partial charge in [-0.3, -0.25) is 4.79 Å². The van der Waals surface area contributed by atoms with Gasteiger partial charge in [0.25, 0.3) is 0 Å². The van der Waals surface area contributed by atoms with E-state index >= 15 is 0 Å². The molecule has 0 unspecified atom stereocenters. The Morgan fingerprint density at radius 3 is 2.67 bits per heavy atom. The van der Waals surface area contributed by atoms with Crippen molar-refractivity contribution in [2.75, 3.05) is 19.4 Å². The third-order valence-electron chi connectivity index (χ3n) is 1.82. The van der Waals surface area contributed by atoms with Crippen molar-refractivity contribution >= 4 is 17.7 Å². The molecule has 0 atom stereocenters. The maximum Gasteiger partial charge on any atom is 0.471 e. The molecule has 0 aliphatic carbocycles. The molecule has 0 saturated heterocycles. The van der Waals surface area contributed by atoms with Crippen molar-refractivity contribution in [3.8, 4) is 5.75 Å². The Labute approximate surface area is 107 Å². The summed E-state index contributed by atoms with van der Waals surface area (Å²) in [7, 11) is 1.50. The van der Waals surface area contributed by atoms with Crippen LogP contribution in [0.5, 0.6) is 5.75 Å². The molecular weight excluding hydrogens is 267 g/mol. The lowest BCUT2D eigenvalue weighted by Crippen LogP contribution is -2.37. The van der Waals surface area contributed by atoms with E-state index in [2.05, 4.69) is 12.1 Å². The first-order valence-electron chi connectivity index (χ1n) is 4.89. The van der Waals surface area contributed by atoms with Crippen LogP contribution in [0.1, 0.15) is 0 Å². The molecule has 1 aromatic rings. The molecule has 0 bridgehead atoms. The van der Waals surface area contributed by atoms with E-state index in [9.17, 15) is 18.0 Å². The SMILES string of the molecule is COc1c#cc(SCCNC(=O)C(F)(F)F)cc1. The van der Waals surface area contributed by atoms with Gasteiger partial charge >= 0.3 is 12.1 Å². The van der Waals surface area contributed by atoms with Crippen molar-refractivity contribution in [2.24, 2.45) is 0 Å². The molecule has 1 amide bonds. The molecule has 1 rings (SSSR count). The number of carbonyl (C=O) groups excluding carboxylic acids is 1. The van der Waals surface area contributed by atoms with E-state index in [1.54, 1.807) is 17.4 Å². The molecular formula is C11H10F3NO2S. The van der Waals surface area contributed by atoms with Crippen molar-refractivity contribution in [3.63, 3.8) is 0 Å². The number of amides is 1. The molecule has 0 fully saturated rings. The monoisotopic (exact) mass is 277 g/mol. The summed E-state index contributed by atoms with van der Waals surface area (Å²) in [5.74, 6) is -1.07. The number of methoxy groups -OCH3 is 1. The fraction of sp³-hybridized carbons (Fsp3) is 0.364. The van der Waals surface area contributed by atoms with Crippen LogP contribution in [-0.2, 0) is 4.79 Å². The number of hydrogen-bond acceptors (Lipinski definition) is 3. The first-order chi connectivity index (χ1) is 8.43. The fourth-order valence-electron chi connectivity index (χ4n) is 0.987.